The molecule has 1 aromatic carbocycles. The monoisotopic (exact) mass is 326 g/mol. The SMILES string of the molecule is Cc1cc(C(=O)Nc2cc(-c3cccc([N+](=O)[O-])c3)[nH]n2)c(C)o1. The van der Waals surface area contributed by atoms with Gasteiger partial charge in [0.2, 0.25) is 0 Å². The van der Waals surface area contributed by atoms with Gasteiger partial charge in [0, 0.05) is 23.8 Å². The van der Waals surface area contributed by atoms with E-state index >= 15 is 0 Å². The molecule has 0 saturated carbocycles. The van der Waals surface area contributed by atoms with Crippen LogP contribution in [0.5, 0.6) is 0 Å². The number of rotatable bonds is 4. The third-order valence-electron chi connectivity index (χ3n) is 3.47. The average molecular weight is 326 g/mol. The summed E-state index contributed by atoms with van der Waals surface area (Å²) in [6, 6.07) is 9.41. The summed E-state index contributed by atoms with van der Waals surface area (Å²) in [5.74, 6) is 1.16. The highest BCUT2D eigenvalue weighted by Crippen LogP contribution is 2.24. The van der Waals surface area contributed by atoms with E-state index in [0.717, 1.165) is 0 Å². The van der Waals surface area contributed by atoms with Gasteiger partial charge in [0.1, 0.15) is 11.5 Å². The number of carbonyl (C=O) groups excluding carboxylic acids is 1. The van der Waals surface area contributed by atoms with E-state index in [1.165, 1.54) is 12.1 Å². The molecule has 3 aromatic rings. The number of hydrogen-bond acceptors (Lipinski definition) is 5. The van der Waals surface area contributed by atoms with Crippen molar-refractivity contribution in [1.82, 2.24) is 10.2 Å². The number of non-ortho nitro benzene ring substituents is 1. The zero-order valence-corrected chi connectivity index (χ0v) is 13.0. The van der Waals surface area contributed by atoms with Crippen LogP contribution in [0.1, 0.15) is 21.9 Å². The molecule has 0 bridgehead atoms. The van der Waals surface area contributed by atoms with Crippen LogP contribution in [-0.2, 0) is 0 Å². The van der Waals surface area contributed by atoms with Gasteiger partial charge in [-0.2, -0.15) is 5.10 Å². The van der Waals surface area contributed by atoms with Crippen LogP contribution in [0.2, 0.25) is 0 Å². The van der Waals surface area contributed by atoms with Crippen LogP contribution in [0.25, 0.3) is 11.3 Å². The number of nitrogens with zero attached hydrogens (tertiary/aromatic N) is 2. The molecule has 2 aromatic heterocycles. The fourth-order valence-electron chi connectivity index (χ4n) is 2.36. The second kappa shape index (κ2) is 5.99. The summed E-state index contributed by atoms with van der Waals surface area (Å²) in [5.41, 5.74) is 1.59. The largest absolute Gasteiger partial charge is 0.466 e. The third kappa shape index (κ3) is 3.02. The maximum atomic E-state index is 12.2. The number of carbonyl (C=O) groups is 1. The first-order valence-electron chi connectivity index (χ1n) is 7.12. The Morgan fingerprint density at radius 2 is 2.08 bits per heavy atom. The van der Waals surface area contributed by atoms with Crippen LogP contribution in [0.3, 0.4) is 0 Å². The number of aryl methyl sites for hydroxylation is 2. The molecule has 0 aliphatic carbocycles. The van der Waals surface area contributed by atoms with E-state index in [2.05, 4.69) is 15.5 Å². The first-order valence-corrected chi connectivity index (χ1v) is 7.12. The van der Waals surface area contributed by atoms with Crippen molar-refractivity contribution >= 4 is 17.4 Å². The number of nitro benzene ring substituents is 1. The summed E-state index contributed by atoms with van der Waals surface area (Å²) >= 11 is 0. The number of amides is 1. The predicted molar refractivity (Wildman–Crippen MR) is 86.8 cm³/mol. The van der Waals surface area contributed by atoms with Crippen molar-refractivity contribution in [3.63, 3.8) is 0 Å². The van der Waals surface area contributed by atoms with E-state index in [1.54, 1.807) is 38.1 Å². The number of nitrogens with one attached hydrogen (secondary N) is 2. The number of nitro groups is 1. The van der Waals surface area contributed by atoms with Gasteiger partial charge in [-0.25, -0.2) is 0 Å². The maximum absolute atomic E-state index is 12.2. The van der Waals surface area contributed by atoms with Gasteiger partial charge in [0.25, 0.3) is 11.6 Å². The zero-order valence-electron chi connectivity index (χ0n) is 13.0. The Hall–Kier alpha value is -3.42. The van der Waals surface area contributed by atoms with E-state index in [0.29, 0.717) is 34.2 Å². The second-order valence-corrected chi connectivity index (χ2v) is 5.26. The lowest BCUT2D eigenvalue weighted by atomic mass is 10.1. The number of aromatic nitrogens is 2. The van der Waals surface area contributed by atoms with Crippen LogP contribution < -0.4 is 5.32 Å². The Labute approximate surface area is 136 Å². The summed E-state index contributed by atoms with van der Waals surface area (Å²) in [4.78, 5) is 22.6. The number of aromatic amines is 1. The van der Waals surface area contributed by atoms with Gasteiger partial charge in [0.05, 0.1) is 16.2 Å². The molecule has 8 nitrogen and oxygen atoms in total. The number of H-pyrrole nitrogens is 1. The highest BCUT2D eigenvalue weighted by atomic mass is 16.6. The van der Waals surface area contributed by atoms with Gasteiger partial charge in [-0.05, 0) is 19.9 Å². The first kappa shape index (κ1) is 15.5. The van der Waals surface area contributed by atoms with E-state index in [1.807, 2.05) is 0 Å². The molecule has 1 amide bonds. The Bertz CT molecular complexity index is 926. The molecule has 0 saturated heterocycles. The number of benzene rings is 1. The Morgan fingerprint density at radius 3 is 2.75 bits per heavy atom. The lowest BCUT2D eigenvalue weighted by molar-refractivity contribution is -0.384. The molecule has 24 heavy (non-hydrogen) atoms. The molecule has 8 heteroatoms. The fourth-order valence-corrected chi connectivity index (χ4v) is 2.36. The van der Waals surface area contributed by atoms with E-state index in [-0.39, 0.29) is 11.6 Å². The highest BCUT2D eigenvalue weighted by Gasteiger charge is 2.15. The van der Waals surface area contributed by atoms with Crippen LogP contribution in [0, 0.1) is 24.0 Å². The van der Waals surface area contributed by atoms with Crippen LogP contribution in [0.4, 0.5) is 11.5 Å². The Balaban J connectivity index is 1.81. The summed E-state index contributed by atoms with van der Waals surface area (Å²) in [6.07, 6.45) is 0. The summed E-state index contributed by atoms with van der Waals surface area (Å²) in [6.45, 7) is 3.47. The van der Waals surface area contributed by atoms with Crippen LogP contribution in [-0.4, -0.2) is 21.0 Å². The van der Waals surface area contributed by atoms with Crippen molar-refractivity contribution in [3.05, 3.63) is 63.6 Å². The van der Waals surface area contributed by atoms with Crippen molar-refractivity contribution in [1.29, 1.82) is 0 Å². The molecule has 0 fully saturated rings. The van der Waals surface area contributed by atoms with Crippen molar-refractivity contribution in [2.24, 2.45) is 0 Å². The molecule has 0 aliphatic heterocycles. The quantitative estimate of drug-likeness (QED) is 0.563. The zero-order chi connectivity index (χ0) is 17.3. The number of hydrogen-bond donors (Lipinski definition) is 2. The molecule has 3 rings (SSSR count). The lowest BCUT2D eigenvalue weighted by Gasteiger charge is -1.99. The third-order valence-corrected chi connectivity index (χ3v) is 3.47. The van der Waals surface area contributed by atoms with Gasteiger partial charge < -0.3 is 9.73 Å². The van der Waals surface area contributed by atoms with Crippen molar-refractivity contribution in [2.75, 3.05) is 5.32 Å². The van der Waals surface area contributed by atoms with Crippen LogP contribution >= 0.6 is 0 Å². The van der Waals surface area contributed by atoms with Crippen LogP contribution in [0.15, 0.2) is 40.8 Å². The number of anilines is 1. The molecular weight excluding hydrogens is 312 g/mol. The molecular formula is C16H14N4O4. The molecule has 0 aliphatic rings. The van der Waals surface area contributed by atoms with Crippen molar-refractivity contribution < 1.29 is 14.1 Å². The fraction of sp³-hybridized carbons (Fsp3) is 0.125. The highest BCUT2D eigenvalue weighted by molar-refractivity contribution is 6.04. The minimum absolute atomic E-state index is 0.0165. The van der Waals surface area contributed by atoms with Crippen molar-refractivity contribution in [3.8, 4) is 11.3 Å². The smallest absolute Gasteiger partial charge is 0.270 e. The van der Waals surface area contributed by atoms with Gasteiger partial charge in [-0.1, -0.05) is 12.1 Å². The van der Waals surface area contributed by atoms with E-state index < -0.39 is 4.92 Å². The van der Waals surface area contributed by atoms with Gasteiger partial charge >= 0.3 is 0 Å². The Kier molecular flexibility index (Phi) is 3.87. The minimum Gasteiger partial charge on any atom is -0.466 e. The normalized spacial score (nSPS) is 10.6. The van der Waals surface area contributed by atoms with E-state index in [4.69, 9.17) is 4.42 Å². The molecule has 0 unspecified atom stereocenters. The van der Waals surface area contributed by atoms with Crippen molar-refractivity contribution in [2.45, 2.75) is 13.8 Å². The molecule has 122 valence electrons. The Morgan fingerprint density at radius 1 is 1.29 bits per heavy atom. The first-order chi connectivity index (χ1) is 11.4. The minimum atomic E-state index is -0.466. The van der Waals surface area contributed by atoms with Gasteiger partial charge in [-0.3, -0.25) is 20.0 Å². The average Bonchev–Trinajstić information content (AvgIpc) is 3.13. The van der Waals surface area contributed by atoms with Gasteiger partial charge in [0.15, 0.2) is 5.82 Å². The molecule has 0 radical (unpaired) electrons. The van der Waals surface area contributed by atoms with Gasteiger partial charge in [-0.15, -0.1) is 0 Å². The predicted octanol–water partition coefficient (Wildman–Crippen LogP) is 3.45. The topological polar surface area (TPSA) is 114 Å². The standard InChI is InChI=1S/C16H14N4O4/c1-9-6-13(10(2)24-9)16(21)17-15-8-14(18-19-15)11-4-3-5-12(7-11)20(22)23/h3-8H,1-2H3,(H2,17,18,19,21). The molecule has 0 atom stereocenters. The maximum Gasteiger partial charge on any atom is 0.270 e. The summed E-state index contributed by atoms with van der Waals surface area (Å²) < 4.78 is 5.33. The summed E-state index contributed by atoms with van der Waals surface area (Å²) in [5, 5.41) is 20.3. The lowest BCUT2D eigenvalue weighted by Crippen LogP contribution is -2.12. The van der Waals surface area contributed by atoms with E-state index in [9.17, 15) is 14.9 Å². The summed E-state index contributed by atoms with van der Waals surface area (Å²) in [7, 11) is 0. The molecule has 2 heterocycles. The second-order valence-electron chi connectivity index (χ2n) is 5.26. The molecule has 0 spiro atoms. The number of furan rings is 1. The molecule has 2 N–H and O–H groups in total.